The van der Waals surface area contributed by atoms with Crippen molar-refractivity contribution in [2.45, 2.75) is 111 Å². The van der Waals surface area contributed by atoms with Crippen LogP contribution in [-0.2, 0) is 17.6 Å². The highest BCUT2D eigenvalue weighted by atomic mass is 16.4. The number of hydrogen-bond donors (Lipinski definition) is 1. The molecule has 0 saturated heterocycles. The Hall–Kier alpha value is -1.31. The van der Waals surface area contributed by atoms with E-state index in [-0.39, 0.29) is 5.41 Å². The number of hydrogen-bond acceptors (Lipinski definition) is 1. The third-order valence-corrected chi connectivity index (χ3v) is 6.39. The molecule has 0 spiro atoms. The van der Waals surface area contributed by atoms with Crippen molar-refractivity contribution in [3.05, 3.63) is 34.9 Å². The van der Waals surface area contributed by atoms with Crippen LogP contribution in [0.5, 0.6) is 0 Å². The number of rotatable bonds is 13. The van der Waals surface area contributed by atoms with Gasteiger partial charge in [-0.05, 0) is 74.8 Å². The summed E-state index contributed by atoms with van der Waals surface area (Å²) in [5, 5.41) is 9.28. The van der Waals surface area contributed by atoms with E-state index in [1.165, 1.54) is 56.1 Å². The fourth-order valence-corrected chi connectivity index (χ4v) is 4.23. The van der Waals surface area contributed by atoms with Gasteiger partial charge in [-0.3, -0.25) is 4.79 Å². The lowest BCUT2D eigenvalue weighted by molar-refractivity contribution is -0.143. The third kappa shape index (κ3) is 7.97. The Balaban J connectivity index is 1.68. The largest absolute Gasteiger partial charge is 0.481 e. The third-order valence-electron chi connectivity index (χ3n) is 6.39. The second kappa shape index (κ2) is 10.5. The van der Waals surface area contributed by atoms with Gasteiger partial charge < -0.3 is 5.11 Å². The zero-order valence-corrected chi connectivity index (χ0v) is 18.8. The van der Waals surface area contributed by atoms with Crippen molar-refractivity contribution in [2.24, 2.45) is 10.8 Å². The van der Waals surface area contributed by atoms with Gasteiger partial charge in [0.25, 0.3) is 0 Å². The number of unbranched alkanes of at least 4 members (excludes halogenated alkanes) is 5. The lowest BCUT2D eigenvalue weighted by Crippen LogP contribution is -2.14. The molecule has 0 bridgehead atoms. The van der Waals surface area contributed by atoms with E-state index in [4.69, 9.17) is 0 Å². The van der Waals surface area contributed by atoms with Gasteiger partial charge in [0.05, 0.1) is 5.41 Å². The van der Waals surface area contributed by atoms with Gasteiger partial charge in [0.15, 0.2) is 0 Å². The summed E-state index contributed by atoms with van der Waals surface area (Å²) >= 11 is 0. The van der Waals surface area contributed by atoms with E-state index >= 15 is 0 Å². The van der Waals surface area contributed by atoms with Crippen molar-refractivity contribution in [3.8, 4) is 0 Å². The Morgan fingerprint density at radius 3 is 2.14 bits per heavy atom. The maximum Gasteiger partial charge on any atom is 0.309 e. The summed E-state index contributed by atoms with van der Waals surface area (Å²) in [5.41, 5.74) is 4.54. The van der Waals surface area contributed by atoms with Gasteiger partial charge in [0.2, 0.25) is 0 Å². The predicted molar refractivity (Wildman–Crippen MR) is 119 cm³/mol. The molecule has 0 unspecified atom stereocenters. The Morgan fingerprint density at radius 1 is 0.929 bits per heavy atom. The first-order chi connectivity index (χ1) is 13.2. The Kier molecular flexibility index (Phi) is 8.58. The van der Waals surface area contributed by atoms with Crippen molar-refractivity contribution in [3.63, 3.8) is 0 Å². The molecule has 0 heterocycles. The molecule has 1 fully saturated rings. The highest BCUT2D eigenvalue weighted by Gasteiger charge is 2.49. The van der Waals surface area contributed by atoms with Crippen molar-refractivity contribution in [1.29, 1.82) is 0 Å². The molecule has 1 aromatic rings. The fraction of sp³-hybridized carbons (Fsp3) is 0.731. The van der Waals surface area contributed by atoms with E-state index < -0.39 is 5.97 Å². The summed E-state index contributed by atoms with van der Waals surface area (Å²) in [4.78, 5) is 11.3. The average Bonchev–Trinajstić information content (AvgIpc) is 3.39. The fourth-order valence-electron chi connectivity index (χ4n) is 4.23. The van der Waals surface area contributed by atoms with E-state index in [9.17, 15) is 9.90 Å². The van der Waals surface area contributed by atoms with Gasteiger partial charge >= 0.3 is 5.97 Å². The smallest absolute Gasteiger partial charge is 0.309 e. The normalized spacial score (nSPS) is 15.6. The van der Waals surface area contributed by atoms with Crippen LogP contribution in [0.4, 0.5) is 0 Å². The van der Waals surface area contributed by atoms with Gasteiger partial charge in [0.1, 0.15) is 0 Å². The first kappa shape index (κ1) is 23.0. The molecule has 0 radical (unpaired) electrons. The van der Waals surface area contributed by atoms with E-state index in [2.05, 4.69) is 45.9 Å². The zero-order chi connectivity index (χ0) is 20.6. The van der Waals surface area contributed by atoms with E-state index in [1.807, 2.05) is 0 Å². The number of benzene rings is 1. The van der Waals surface area contributed by atoms with Gasteiger partial charge in [-0.1, -0.05) is 76.6 Å². The molecule has 0 amide bonds. The summed E-state index contributed by atoms with van der Waals surface area (Å²) in [6, 6.07) is 6.95. The highest BCUT2D eigenvalue weighted by Crippen LogP contribution is 2.50. The molecule has 1 N–H and O–H groups in total. The quantitative estimate of drug-likeness (QED) is 0.356. The summed E-state index contributed by atoms with van der Waals surface area (Å²) in [6.07, 6.45) is 15.0. The number of carboxylic acid groups (broad SMARTS) is 1. The number of carboxylic acids is 1. The first-order valence-corrected chi connectivity index (χ1v) is 11.5. The van der Waals surface area contributed by atoms with Crippen molar-refractivity contribution in [1.82, 2.24) is 0 Å². The summed E-state index contributed by atoms with van der Waals surface area (Å²) in [6.45, 7) is 9.19. The van der Waals surface area contributed by atoms with Crippen molar-refractivity contribution >= 4 is 5.97 Å². The van der Waals surface area contributed by atoms with Crippen molar-refractivity contribution < 1.29 is 9.90 Å². The minimum atomic E-state index is -0.573. The topological polar surface area (TPSA) is 37.3 Å². The standard InChI is InChI=1S/C26H42O2/c1-21-14-15-22(12-9-7-11-17-26(18-19-26)24(27)28)23(20-21)13-8-5-6-10-16-25(2,3)4/h14-15,20H,5-13,16-19H2,1-4H3,(H,27,28). The summed E-state index contributed by atoms with van der Waals surface area (Å²) in [5.74, 6) is -0.573. The van der Waals surface area contributed by atoms with Crippen LogP contribution >= 0.6 is 0 Å². The number of aryl methyl sites for hydroxylation is 3. The summed E-state index contributed by atoms with van der Waals surface area (Å²) in [7, 11) is 0. The molecule has 2 nitrogen and oxygen atoms in total. The monoisotopic (exact) mass is 386 g/mol. The van der Waals surface area contributed by atoms with Crippen LogP contribution in [0.15, 0.2) is 18.2 Å². The maximum atomic E-state index is 11.3. The first-order valence-electron chi connectivity index (χ1n) is 11.5. The second-order valence-electron chi connectivity index (χ2n) is 10.4. The molecule has 1 saturated carbocycles. The Bertz CT molecular complexity index is 620. The summed E-state index contributed by atoms with van der Waals surface area (Å²) < 4.78 is 0. The maximum absolute atomic E-state index is 11.3. The zero-order valence-electron chi connectivity index (χ0n) is 18.8. The van der Waals surface area contributed by atoms with Gasteiger partial charge in [-0.25, -0.2) is 0 Å². The van der Waals surface area contributed by atoms with Gasteiger partial charge in [0, 0.05) is 0 Å². The molecule has 2 heteroatoms. The van der Waals surface area contributed by atoms with Crippen LogP contribution < -0.4 is 0 Å². The number of aliphatic carboxylic acids is 1. The SMILES string of the molecule is Cc1ccc(CCCCCC2(C(=O)O)CC2)c(CCCCCCC(C)(C)C)c1. The van der Waals surface area contributed by atoms with Crippen molar-refractivity contribution in [2.75, 3.05) is 0 Å². The molecule has 158 valence electrons. The molecule has 0 aromatic heterocycles. The molecule has 2 rings (SSSR count). The molecule has 1 aromatic carbocycles. The molecular formula is C26H42O2. The Labute approximate surface area is 173 Å². The van der Waals surface area contributed by atoms with Crippen LogP contribution in [-0.4, -0.2) is 11.1 Å². The molecule has 0 aliphatic heterocycles. The molecule has 28 heavy (non-hydrogen) atoms. The highest BCUT2D eigenvalue weighted by molar-refractivity contribution is 5.77. The van der Waals surface area contributed by atoms with Gasteiger partial charge in [-0.2, -0.15) is 0 Å². The van der Waals surface area contributed by atoms with Crippen LogP contribution in [0.25, 0.3) is 0 Å². The molecule has 0 atom stereocenters. The molecular weight excluding hydrogens is 344 g/mol. The lowest BCUT2D eigenvalue weighted by atomic mass is 9.89. The average molecular weight is 387 g/mol. The van der Waals surface area contributed by atoms with Crippen LogP contribution in [0.1, 0.15) is 108 Å². The van der Waals surface area contributed by atoms with E-state index in [0.717, 1.165) is 38.5 Å². The molecule has 1 aliphatic rings. The lowest BCUT2D eigenvalue weighted by Gasteiger charge is -2.17. The predicted octanol–water partition coefficient (Wildman–Crippen LogP) is 7.50. The van der Waals surface area contributed by atoms with Gasteiger partial charge in [-0.15, -0.1) is 0 Å². The Morgan fingerprint density at radius 2 is 1.54 bits per heavy atom. The minimum absolute atomic E-state index is 0.345. The molecule has 1 aliphatic carbocycles. The van der Waals surface area contributed by atoms with E-state index in [0.29, 0.717) is 5.41 Å². The van der Waals surface area contributed by atoms with E-state index in [1.54, 1.807) is 5.56 Å². The second-order valence-corrected chi connectivity index (χ2v) is 10.4. The minimum Gasteiger partial charge on any atom is -0.481 e. The van der Waals surface area contributed by atoms with Crippen LogP contribution in [0.3, 0.4) is 0 Å². The van der Waals surface area contributed by atoms with Crippen LogP contribution in [0, 0.1) is 17.8 Å². The van der Waals surface area contributed by atoms with Crippen LogP contribution in [0.2, 0.25) is 0 Å². The number of carbonyl (C=O) groups is 1.